The van der Waals surface area contributed by atoms with Crippen molar-refractivity contribution >= 4 is 11.6 Å². The number of aromatic hydroxyl groups is 1. The first-order valence-electron chi connectivity index (χ1n) is 2.87. The normalized spacial score (nSPS) is 9.73. The summed E-state index contributed by atoms with van der Waals surface area (Å²) in [6, 6.07) is 2.43. The molecule has 1 aromatic rings. The van der Waals surface area contributed by atoms with Gasteiger partial charge < -0.3 is 9.84 Å². The quantitative estimate of drug-likeness (QED) is 0.711. The molecule has 1 rings (SSSR count). The number of methoxy groups -OCH3 is 1. The molecule has 4 heteroatoms. The highest BCUT2D eigenvalue weighted by Crippen LogP contribution is 2.34. The SMILES string of the molecule is COc1ccc(F)c(Cl)c1O. The number of benzene rings is 1. The number of ether oxygens (including phenoxy) is 1. The highest BCUT2D eigenvalue weighted by Gasteiger charge is 2.09. The molecule has 0 spiro atoms. The molecule has 0 aliphatic rings. The second kappa shape index (κ2) is 2.96. The zero-order valence-electron chi connectivity index (χ0n) is 5.77. The number of phenols is 1. The van der Waals surface area contributed by atoms with E-state index >= 15 is 0 Å². The lowest BCUT2D eigenvalue weighted by Gasteiger charge is -2.03. The highest BCUT2D eigenvalue weighted by molar-refractivity contribution is 6.32. The van der Waals surface area contributed by atoms with E-state index in [0.717, 1.165) is 6.07 Å². The molecule has 0 aromatic heterocycles. The third kappa shape index (κ3) is 1.38. The lowest BCUT2D eigenvalue weighted by molar-refractivity contribution is 0.371. The molecule has 60 valence electrons. The smallest absolute Gasteiger partial charge is 0.179 e. The molecule has 0 atom stereocenters. The fourth-order valence-corrected chi connectivity index (χ4v) is 0.843. The van der Waals surface area contributed by atoms with E-state index in [2.05, 4.69) is 4.74 Å². The largest absolute Gasteiger partial charge is 0.503 e. The van der Waals surface area contributed by atoms with Crippen LogP contribution in [-0.2, 0) is 0 Å². The molecule has 2 nitrogen and oxygen atoms in total. The first-order valence-corrected chi connectivity index (χ1v) is 3.25. The minimum absolute atomic E-state index is 0.163. The summed E-state index contributed by atoms with van der Waals surface area (Å²) in [6.45, 7) is 0. The van der Waals surface area contributed by atoms with Gasteiger partial charge in [-0.15, -0.1) is 0 Å². The van der Waals surface area contributed by atoms with Gasteiger partial charge in [-0.1, -0.05) is 11.6 Å². The monoisotopic (exact) mass is 176 g/mol. The van der Waals surface area contributed by atoms with Gasteiger partial charge in [0.25, 0.3) is 0 Å². The van der Waals surface area contributed by atoms with E-state index in [9.17, 15) is 4.39 Å². The second-order valence-corrected chi connectivity index (χ2v) is 2.29. The van der Waals surface area contributed by atoms with Crippen LogP contribution < -0.4 is 4.74 Å². The van der Waals surface area contributed by atoms with Crippen LogP contribution >= 0.6 is 11.6 Å². The minimum atomic E-state index is -0.662. The van der Waals surface area contributed by atoms with Crippen LogP contribution in [0.1, 0.15) is 0 Å². The molecule has 0 saturated heterocycles. The number of phenolic OH excluding ortho intramolecular Hbond substituents is 1. The Hall–Kier alpha value is -0.960. The van der Waals surface area contributed by atoms with Crippen LogP contribution in [0.3, 0.4) is 0 Å². The van der Waals surface area contributed by atoms with Crippen molar-refractivity contribution in [2.24, 2.45) is 0 Å². The van der Waals surface area contributed by atoms with Gasteiger partial charge in [-0.25, -0.2) is 4.39 Å². The maximum atomic E-state index is 12.5. The number of hydrogen-bond donors (Lipinski definition) is 1. The Labute approximate surface area is 68.2 Å². The fraction of sp³-hybridized carbons (Fsp3) is 0.143. The summed E-state index contributed by atoms with van der Waals surface area (Å²) in [7, 11) is 1.36. The molecule has 11 heavy (non-hydrogen) atoms. The predicted octanol–water partition coefficient (Wildman–Crippen LogP) is 2.19. The molecule has 0 fully saturated rings. The molecule has 1 aromatic carbocycles. The molecular formula is C7H6ClFO2. The van der Waals surface area contributed by atoms with E-state index in [1.165, 1.54) is 13.2 Å². The van der Waals surface area contributed by atoms with Crippen molar-refractivity contribution in [1.29, 1.82) is 0 Å². The molecule has 0 radical (unpaired) electrons. The van der Waals surface area contributed by atoms with Gasteiger partial charge in [0.2, 0.25) is 0 Å². The molecule has 0 aliphatic heterocycles. The molecule has 0 saturated carbocycles. The van der Waals surface area contributed by atoms with Crippen LogP contribution in [0.2, 0.25) is 5.02 Å². The first-order chi connectivity index (χ1) is 5.16. The molecule has 0 unspecified atom stereocenters. The van der Waals surface area contributed by atoms with Gasteiger partial charge in [-0.2, -0.15) is 0 Å². The Morgan fingerprint density at radius 2 is 2.18 bits per heavy atom. The zero-order valence-corrected chi connectivity index (χ0v) is 6.52. The van der Waals surface area contributed by atoms with Crippen molar-refractivity contribution in [2.45, 2.75) is 0 Å². The minimum Gasteiger partial charge on any atom is -0.503 e. The van der Waals surface area contributed by atoms with E-state index in [1.807, 2.05) is 0 Å². The standard InChI is InChI=1S/C7H6ClFO2/c1-11-5-3-2-4(9)6(8)7(5)10/h2-3,10H,1H3. The van der Waals surface area contributed by atoms with E-state index in [1.54, 1.807) is 0 Å². The van der Waals surface area contributed by atoms with Crippen LogP contribution in [0.4, 0.5) is 4.39 Å². The summed E-state index contributed by atoms with van der Waals surface area (Å²) < 4.78 is 17.2. The van der Waals surface area contributed by atoms with Crippen LogP contribution in [0, 0.1) is 5.82 Å². The van der Waals surface area contributed by atoms with Gasteiger partial charge in [-0.3, -0.25) is 0 Å². The van der Waals surface area contributed by atoms with Gasteiger partial charge in [0.05, 0.1) is 7.11 Å². The molecule has 0 amide bonds. The van der Waals surface area contributed by atoms with Gasteiger partial charge >= 0.3 is 0 Å². The molecule has 0 heterocycles. The summed E-state index contributed by atoms with van der Waals surface area (Å²) in [4.78, 5) is 0. The summed E-state index contributed by atoms with van der Waals surface area (Å²) in [5, 5.41) is 8.77. The van der Waals surface area contributed by atoms with Crippen LogP contribution in [-0.4, -0.2) is 12.2 Å². The fourth-order valence-electron chi connectivity index (χ4n) is 0.687. The summed E-state index contributed by atoms with van der Waals surface area (Å²) in [6.07, 6.45) is 0. The Morgan fingerprint density at radius 1 is 1.55 bits per heavy atom. The van der Waals surface area contributed by atoms with Crippen LogP contribution in [0.15, 0.2) is 12.1 Å². The summed E-state index contributed by atoms with van der Waals surface area (Å²) in [5.74, 6) is -0.865. The van der Waals surface area contributed by atoms with Crippen molar-refractivity contribution in [3.05, 3.63) is 23.0 Å². The second-order valence-electron chi connectivity index (χ2n) is 1.91. The number of rotatable bonds is 1. The average molecular weight is 177 g/mol. The van der Waals surface area contributed by atoms with Crippen molar-refractivity contribution in [3.8, 4) is 11.5 Å². The Balaban J connectivity index is 3.25. The van der Waals surface area contributed by atoms with E-state index in [4.69, 9.17) is 16.7 Å². The van der Waals surface area contributed by atoms with E-state index in [-0.39, 0.29) is 16.5 Å². The van der Waals surface area contributed by atoms with Gasteiger partial charge in [0, 0.05) is 0 Å². The van der Waals surface area contributed by atoms with E-state index in [0.29, 0.717) is 0 Å². The van der Waals surface area contributed by atoms with Crippen LogP contribution in [0.5, 0.6) is 11.5 Å². The number of hydrogen-bond acceptors (Lipinski definition) is 2. The molecular weight excluding hydrogens is 171 g/mol. The van der Waals surface area contributed by atoms with Crippen molar-refractivity contribution < 1.29 is 14.2 Å². The van der Waals surface area contributed by atoms with Crippen molar-refractivity contribution in [1.82, 2.24) is 0 Å². The lowest BCUT2D eigenvalue weighted by Crippen LogP contribution is -1.85. The van der Waals surface area contributed by atoms with Crippen molar-refractivity contribution in [2.75, 3.05) is 7.11 Å². The average Bonchev–Trinajstić information content (AvgIpc) is 2.01. The van der Waals surface area contributed by atoms with Crippen LogP contribution in [0.25, 0.3) is 0 Å². The molecule has 0 bridgehead atoms. The van der Waals surface area contributed by atoms with Gasteiger partial charge in [-0.05, 0) is 12.1 Å². The highest BCUT2D eigenvalue weighted by atomic mass is 35.5. The third-order valence-corrected chi connectivity index (χ3v) is 1.61. The Bertz CT molecular complexity index is 275. The molecule has 1 N–H and O–H groups in total. The number of halogens is 2. The Morgan fingerprint density at radius 3 is 2.73 bits per heavy atom. The topological polar surface area (TPSA) is 29.5 Å². The summed E-state index contributed by atoms with van der Waals surface area (Å²) >= 11 is 5.36. The maximum Gasteiger partial charge on any atom is 0.179 e. The Kier molecular flexibility index (Phi) is 2.19. The predicted molar refractivity (Wildman–Crippen MR) is 39.6 cm³/mol. The van der Waals surface area contributed by atoms with Gasteiger partial charge in [0.1, 0.15) is 10.8 Å². The van der Waals surface area contributed by atoms with Crippen molar-refractivity contribution in [3.63, 3.8) is 0 Å². The lowest BCUT2D eigenvalue weighted by atomic mass is 10.3. The third-order valence-electron chi connectivity index (χ3n) is 1.25. The van der Waals surface area contributed by atoms with E-state index < -0.39 is 5.82 Å². The van der Waals surface area contributed by atoms with Gasteiger partial charge in [0.15, 0.2) is 11.5 Å². The molecule has 0 aliphatic carbocycles. The maximum absolute atomic E-state index is 12.5. The zero-order chi connectivity index (χ0) is 8.43. The first kappa shape index (κ1) is 8.14. The summed E-state index contributed by atoms with van der Waals surface area (Å²) in [5.41, 5.74) is 0.